The molecule has 0 radical (unpaired) electrons. The Morgan fingerprint density at radius 3 is 3.15 bits per heavy atom. The molecule has 1 atom stereocenters. The minimum absolute atomic E-state index is 0.386. The molecule has 0 fully saturated rings. The van der Waals surface area contributed by atoms with E-state index in [1.165, 1.54) is 0 Å². The molecule has 1 aromatic heterocycles. The minimum Gasteiger partial charge on any atom is -0.481 e. The Kier molecular flexibility index (Phi) is 1.69. The molecule has 0 saturated carbocycles. The average Bonchev–Trinajstić information content (AvgIpc) is 2.46. The molecule has 0 saturated heterocycles. The smallest absolute Gasteiger partial charge is 0.311 e. The van der Waals surface area contributed by atoms with Gasteiger partial charge in [0.05, 0.1) is 5.92 Å². The lowest BCUT2D eigenvalue weighted by Gasteiger charge is -2.04. The number of nitrogens with two attached hydrogens (primary N) is 1. The van der Waals surface area contributed by atoms with Crippen molar-refractivity contribution in [2.75, 3.05) is 5.73 Å². The lowest BCUT2D eigenvalue weighted by molar-refractivity contribution is -0.138. The summed E-state index contributed by atoms with van der Waals surface area (Å²) in [6.07, 6.45) is 3.03. The van der Waals surface area contributed by atoms with Crippen LogP contribution in [0.3, 0.4) is 0 Å². The van der Waals surface area contributed by atoms with E-state index in [2.05, 4.69) is 4.98 Å². The lowest BCUT2D eigenvalue weighted by Crippen LogP contribution is -2.08. The number of carbonyl (C=O) groups is 1. The maximum atomic E-state index is 10.8. The molecule has 0 aromatic carbocycles. The van der Waals surface area contributed by atoms with Gasteiger partial charge in [0.1, 0.15) is 5.82 Å². The molecule has 0 unspecified atom stereocenters. The minimum atomic E-state index is -0.773. The highest BCUT2D eigenvalue weighted by molar-refractivity contribution is 5.77. The van der Waals surface area contributed by atoms with Gasteiger partial charge in [0, 0.05) is 6.20 Å². The number of hydrogen-bond donors (Lipinski definition) is 2. The van der Waals surface area contributed by atoms with Gasteiger partial charge in [-0.05, 0) is 30.0 Å². The Hall–Kier alpha value is -1.58. The summed E-state index contributed by atoms with van der Waals surface area (Å²) in [5, 5.41) is 8.87. The van der Waals surface area contributed by atoms with Crippen LogP contribution in [0, 0.1) is 0 Å². The van der Waals surface area contributed by atoms with Crippen LogP contribution >= 0.6 is 0 Å². The zero-order chi connectivity index (χ0) is 9.42. The number of hydrogen-bond acceptors (Lipinski definition) is 3. The van der Waals surface area contributed by atoms with Crippen LogP contribution in [0.25, 0.3) is 0 Å². The average molecular weight is 178 g/mol. The molecule has 1 aliphatic carbocycles. The van der Waals surface area contributed by atoms with Gasteiger partial charge >= 0.3 is 5.97 Å². The summed E-state index contributed by atoms with van der Waals surface area (Å²) >= 11 is 0. The van der Waals surface area contributed by atoms with E-state index in [9.17, 15) is 4.79 Å². The van der Waals surface area contributed by atoms with Gasteiger partial charge in [0.25, 0.3) is 0 Å². The normalized spacial score (nSPS) is 19.8. The molecule has 0 amide bonds. The van der Waals surface area contributed by atoms with Gasteiger partial charge in [-0.15, -0.1) is 0 Å². The molecule has 1 heterocycles. The number of nitrogen functional groups attached to an aromatic ring is 1. The Bertz CT molecular complexity index is 363. The summed E-state index contributed by atoms with van der Waals surface area (Å²) in [7, 11) is 0. The molecule has 4 heteroatoms. The molecule has 4 nitrogen and oxygen atoms in total. The Balaban J connectivity index is 2.44. The summed E-state index contributed by atoms with van der Waals surface area (Å²) in [4.78, 5) is 14.7. The number of aromatic nitrogens is 1. The molecule has 1 aliphatic rings. The van der Waals surface area contributed by atoms with Gasteiger partial charge in [0.2, 0.25) is 0 Å². The van der Waals surface area contributed by atoms with Crippen LogP contribution in [0.15, 0.2) is 12.3 Å². The van der Waals surface area contributed by atoms with E-state index in [4.69, 9.17) is 10.8 Å². The molecule has 3 N–H and O–H groups in total. The number of aliphatic carboxylic acids is 1. The first-order chi connectivity index (χ1) is 6.18. The van der Waals surface area contributed by atoms with E-state index in [0.717, 1.165) is 17.5 Å². The van der Waals surface area contributed by atoms with E-state index in [-0.39, 0.29) is 5.92 Å². The predicted molar refractivity (Wildman–Crippen MR) is 47.3 cm³/mol. The lowest BCUT2D eigenvalue weighted by atomic mass is 10.0. The fraction of sp³-hybridized carbons (Fsp3) is 0.333. The number of pyridine rings is 1. The molecule has 0 aliphatic heterocycles. The van der Waals surface area contributed by atoms with E-state index < -0.39 is 5.97 Å². The van der Waals surface area contributed by atoms with E-state index in [0.29, 0.717) is 12.2 Å². The molecular formula is C9H10N2O2. The number of nitrogens with zero attached hydrogens (tertiary/aromatic N) is 1. The summed E-state index contributed by atoms with van der Waals surface area (Å²) in [5.74, 6) is -0.696. The zero-order valence-corrected chi connectivity index (χ0v) is 7.03. The first-order valence-electron chi connectivity index (χ1n) is 4.15. The van der Waals surface area contributed by atoms with Crippen molar-refractivity contribution < 1.29 is 9.90 Å². The first kappa shape index (κ1) is 8.04. The zero-order valence-electron chi connectivity index (χ0n) is 7.03. The Morgan fingerprint density at radius 1 is 1.69 bits per heavy atom. The summed E-state index contributed by atoms with van der Waals surface area (Å²) in [6.45, 7) is 0. The second kappa shape index (κ2) is 2.73. The predicted octanol–water partition coefficient (Wildman–Crippen LogP) is 0.778. The second-order valence-corrected chi connectivity index (χ2v) is 3.24. The summed E-state index contributed by atoms with van der Waals surface area (Å²) in [5.41, 5.74) is 7.34. The van der Waals surface area contributed by atoms with Crippen molar-refractivity contribution in [2.45, 2.75) is 18.8 Å². The van der Waals surface area contributed by atoms with Crippen LogP contribution < -0.4 is 5.73 Å². The van der Waals surface area contributed by atoms with Crippen LogP contribution in [0.5, 0.6) is 0 Å². The quantitative estimate of drug-likeness (QED) is 0.666. The third-order valence-corrected chi connectivity index (χ3v) is 2.42. The summed E-state index contributed by atoms with van der Waals surface area (Å²) in [6, 6.07) is 1.76. The van der Waals surface area contributed by atoms with E-state index >= 15 is 0 Å². The van der Waals surface area contributed by atoms with Crippen LogP contribution in [-0.4, -0.2) is 16.1 Å². The Labute approximate surface area is 75.4 Å². The highest BCUT2D eigenvalue weighted by Gasteiger charge is 2.28. The van der Waals surface area contributed by atoms with Crippen molar-refractivity contribution in [3.05, 3.63) is 23.4 Å². The molecule has 1 aromatic rings. The van der Waals surface area contributed by atoms with Gasteiger partial charge in [-0.25, -0.2) is 4.98 Å². The number of carboxylic acid groups (broad SMARTS) is 1. The third kappa shape index (κ3) is 1.24. The first-order valence-corrected chi connectivity index (χ1v) is 4.15. The highest BCUT2D eigenvalue weighted by Crippen LogP contribution is 2.33. The maximum absolute atomic E-state index is 10.8. The number of rotatable bonds is 1. The Morgan fingerprint density at radius 2 is 2.46 bits per heavy atom. The fourth-order valence-corrected chi connectivity index (χ4v) is 1.77. The fourth-order valence-electron chi connectivity index (χ4n) is 1.77. The second-order valence-electron chi connectivity index (χ2n) is 3.24. The van der Waals surface area contributed by atoms with Gasteiger partial charge < -0.3 is 10.8 Å². The van der Waals surface area contributed by atoms with Gasteiger partial charge in [-0.1, -0.05) is 0 Å². The van der Waals surface area contributed by atoms with Crippen molar-refractivity contribution in [3.8, 4) is 0 Å². The SMILES string of the molecule is Nc1cc2c(cn1)[C@H](C(=O)O)CC2. The highest BCUT2D eigenvalue weighted by atomic mass is 16.4. The number of fused-ring (bicyclic) bond motifs is 1. The van der Waals surface area contributed by atoms with Gasteiger partial charge in [-0.2, -0.15) is 0 Å². The molecule has 0 bridgehead atoms. The van der Waals surface area contributed by atoms with Crippen molar-refractivity contribution in [2.24, 2.45) is 0 Å². The molecule has 68 valence electrons. The number of anilines is 1. The van der Waals surface area contributed by atoms with Crippen LogP contribution in [0.2, 0.25) is 0 Å². The van der Waals surface area contributed by atoms with Crippen molar-refractivity contribution in [3.63, 3.8) is 0 Å². The van der Waals surface area contributed by atoms with Gasteiger partial charge in [-0.3, -0.25) is 4.79 Å². The van der Waals surface area contributed by atoms with Crippen LogP contribution in [-0.2, 0) is 11.2 Å². The standard InChI is InChI=1S/C9H10N2O2/c10-8-3-5-1-2-6(9(12)13)7(5)4-11-8/h3-4,6H,1-2H2,(H2,10,11)(H,12,13)/t6-/m1/s1. The van der Waals surface area contributed by atoms with Gasteiger partial charge in [0.15, 0.2) is 0 Å². The van der Waals surface area contributed by atoms with E-state index in [1.54, 1.807) is 12.3 Å². The van der Waals surface area contributed by atoms with Crippen molar-refractivity contribution >= 4 is 11.8 Å². The molecule has 0 spiro atoms. The molecule has 2 rings (SSSR count). The largest absolute Gasteiger partial charge is 0.481 e. The number of aryl methyl sites for hydroxylation is 1. The summed E-state index contributed by atoms with van der Waals surface area (Å²) < 4.78 is 0. The molecular weight excluding hydrogens is 168 g/mol. The number of carboxylic acids is 1. The maximum Gasteiger partial charge on any atom is 0.311 e. The van der Waals surface area contributed by atoms with E-state index in [1.807, 2.05) is 0 Å². The van der Waals surface area contributed by atoms with Crippen molar-refractivity contribution in [1.29, 1.82) is 0 Å². The van der Waals surface area contributed by atoms with Crippen LogP contribution in [0.1, 0.15) is 23.5 Å². The molecule has 13 heavy (non-hydrogen) atoms. The topological polar surface area (TPSA) is 76.2 Å². The van der Waals surface area contributed by atoms with Crippen LogP contribution in [0.4, 0.5) is 5.82 Å². The van der Waals surface area contributed by atoms with Crippen molar-refractivity contribution in [1.82, 2.24) is 4.98 Å². The monoisotopic (exact) mass is 178 g/mol. The third-order valence-electron chi connectivity index (χ3n) is 2.42.